The standard InChI is InChI=1S/C10H7ClN2O3S/c11-17(15,16)10-9(6-14)13(7-12-10)8-4-2-1-3-5-8/h1-7H. The zero-order valence-electron chi connectivity index (χ0n) is 8.45. The van der Waals surface area contributed by atoms with Gasteiger partial charge >= 0.3 is 0 Å². The fourth-order valence-electron chi connectivity index (χ4n) is 1.43. The summed E-state index contributed by atoms with van der Waals surface area (Å²) in [5.41, 5.74) is 0.542. The molecule has 2 rings (SSSR count). The number of aromatic nitrogens is 2. The Hall–Kier alpha value is -1.66. The van der Waals surface area contributed by atoms with Crippen LogP contribution in [0.2, 0.25) is 0 Å². The van der Waals surface area contributed by atoms with Gasteiger partial charge in [0.05, 0.1) is 0 Å². The molecule has 0 aliphatic carbocycles. The van der Waals surface area contributed by atoms with Gasteiger partial charge in [-0.1, -0.05) is 18.2 Å². The normalized spacial score (nSPS) is 11.4. The van der Waals surface area contributed by atoms with E-state index in [2.05, 4.69) is 4.98 Å². The van der Waals surface area contributed by atoms with E-state index in [9.17, 15) is 13.2 Å². The maximum Gasteiger partial charge on any atom is 0.280 e. The van der Waals surface area contributed by atoms with E-state index in [0.717, 1.165) is 0 Å². The predicted molar refractivity (Wildman–Crippen MR) is 62.0 cm³/mol. The number of carbonyl (C=O) groups is 1. The summed E-state index contributed by atoms with van der Waals surface area (Å²) in [5.74, 6) is 0. The first-order chi connectivity index (χ1) is 8.04. The smallest absolute Gasteiger partial charge is 0.280 e. The largest absolute Gasteiger partial charge is 0.296 e. The number of nitrogens with zero attached hydrogens (tertiary/aromatic N) is 2. The molecule has 2 aromatic rings. The molecule has 0 aliphatic heterocycles. The van der Waals surface area contributed by atoms with E-state index in [0.29, 0.717) is 12.0 Å². The van der Waals surface area contributed by atoms with Crippen LogP contribution in [-0.4, -0.2) is 24.3 Å². The van der Waals surface area contributed by atoms with E-state index in [4.69, 9.17) is 10.7 Å². The molecule has 0 fully saturated rings. The zero-order chi connectivity index (χ0) is 12.5. The van der Waals surface area contributed by atoms with E-state index in [1.807, 2.05) is 0 Å². The molecule has 0 atom stereocenters. The molecule has 0 saturated carbocycles. The van der Waals surface area contributed by atoms with Crippen LogP contribution in [0.4, 0.5) is 0 Å². The van der Waals surface area contributed by atoms with Crippen molar-refractivity contribution in [1.29, 1.82) is 0 Å². The van der Waals surface area contributed by atoms with Gasteiger partial charge in [-0.25, -0.2) is 13.4 Å². The molecule has 17 heavy (non-hydrogen) atoms. The van der Waals surface area contributed by atoms with Crippen LogP contribution in [0.5, 0.6) is 0 Å². The van der Waals surface area contributed by atoms with Crippen LogP contribution in [0.25, 0.3) is 5.69 Å². The minimum atomic E-state index is -4.02. The minimum absolute atomic E-state index is 0.0915. The summed E-state index contributed by atoms with van der Waals surface area (Å²) >= 11 is 0. The molecule has 0 spiro atoms. The molecule has 0 bridgehead atoms. The van der Waals surface area contributed by atoms with Crippen LogP contribution in [-0.2, 0) is 9.05 Å². The topological polar surface area (TPSA) is 69.0 Å². The summed E-state index contributed by atoms with van der Waals surface area (Å²) in [5, 5.41) is -0.432. The monoisotopic (exact) mass is 270 g/mol. The van der Waals surface area contributed by atoms with Crippen molar-refractivity contribution in [2.24, 2.45) is 0 Å². The maximum absolute atomic E-state index is 11.2. The Morgan fingerprint density at radius 2 is 1.88 bits per heavy atom. The lowest BCUT2D eigenvalue weighted by molar-refractivity contribution is 0.111. The van der Waals surface area contributed by atoms with Crippen molar-refractivity contribution in [1.82, 2.24) is 9.55 Å². The number of para-hydroxylation sites is 1. The number of benzene rings is 1. The van der Waals surface area contributed by atoms with Crippen LogP contribution >= 0.6 is 10.7 Å². The molecule has 0 amide bonds. The Balaban J connectivity index is 2.67. The van der Waals surface area contributed by atoms with E-state index in [1.165, 1.54) is 10.9 Å². The Morgan fingerprint density at radius 1 is 1.24 bits per heavy atom. The summed E-state index contributed by atoms with van der Waals surface area (Å²) in [4.78, 5) is 14.6. The second-order valence-corrected chi connectivity index (χ2v) is 5.68. The van der Waals surface area contributed by atoms with Crippen molar-refractivity contribution >= 4 is 26.0 Å². The van der Waals surface area contributed by atoms with Gasteiger partial charge in [0.25, 0.3) is 9.05 Å². The highest BCUT2D eigenvalue weighted by atomic mass is 35.7. The number of halogens is 1. The maximum atomic E-state index is 11.2. The van der Waals surface area contributed by atoms with Gasteiger partial charge in [0.15, 0.2) is 11.3 Å². The summed E-state index contributed by atoms with van der Waals surface area (Å²) < 4.78 is 23.7. The second-order valence-electron chi connectivity index (χ2n) is 3.20. The van der Waals surface area contributed by atoms with Crippen molar-refractivity contribution in [3.8, 4) is 5.69 Å². The number of hydrogen-bond donors (Lipinski definition) is 0. The number of hydrogen-bond acceptors (Lipinski definition) is 4. The highest BCUT2D eigenvalue weighted by Gasteiger charge is 2.21. The van der Waals surface area contributed by atoms with Gasteiger partial charge in [0.2, 0.25) is 0 Å². The van der Waals surface area contributed by atoms with Crippen molar-refractivity contribution < 1.29 is 13.2 Å². The number of aldehydes is 1. The lowest BCUT2D eigenvalue weighted by atomic mass is 10.3. The van der Waals surface area contributed by atoms with Gasteiger partial charge in [-0.05, 0) is 12.1 Å². The third-order valence-electron chi connectivity index (χ3n) is 2.15. The average Bonchev–Trinajstić information content (AvgIpc) is 2.73. The minimum Gasteiger partial charge on any atom is -0.296 e. The third kappa shape index (κ3) is 2.22. The lowest BCUT2D eigenvalue weighted by Crippen LogP contribution is -2.02. The van der Waals surface area contributed by atoms with Crippen molar-refractivity contribution in [2.45, 2.75) is 5.03 Å². The van der Waals surface area contributed by atoms with E-state index < -0.39 is 14.1 Å². The van der Waals surface area contributed by atoms with Gasteiger partial charge in [0.1, 0.15) is 12.0 Å². The Kier molecular flexibility index (Phi) is 2.99. The lowest BCUT2D eigenvalue weighted by Gasteiger charge is -2.03. The Morgan fingerprint density at radius 3 is 2.41 bits per heavy atom. The molecule has 5 nitrogen and oxygen atoms in total. The van der Waals surface area contributed by atoms with Gasteiger partial charge in [-0.3, -0.25) is 9.36 Å². The molecule has 7 heteroatoms. The second kappa shape index (κ2) is 4.31. The molecule has 1 aromatic carbocycles. The molecule has 0 unspecified atom stereocenters. The molecule has 88 valence electrons. The molecular formula is C10H7ClN2O3S. The summed E-state index contributed by atoms with van der Waals surface area (Å²) in [7, 11) is 1.16. The fourth-order valence-corrected chi connectivity index (χ4v) is 2.36. The molecule has 0 N–H and O–H groups in total. The van der Waals surface area contributed by atoms with Crippen molar-refractivity contribution in [3.05, 3.63) is 42.4 Å². The first kappa shape index (κ1) is 11.8. The SMILES string of the molecule is O=Cc1c(S(=O)(=O)Cl)ncn1-c1ccccc1. The van der Waals surface area contributed by atoms with Crippen molar-refractivity contribution in [2.75, 3.05) is 0 Å². The van der Waals surface area contributed by atoms with E-state index in [1.54, 1.807) is 30.3 Å². The summed E-state index contributed by atoms with van der Waals surface area (Å²) in [6.45, 7) is 0. The number of carbonyl (C=O) groups excluding carboxylic acids is 1. The van der Waals surface area contributed by atoms with Crippen LogP contribution in [0.1, 0.15) is 10.5 Å². The highest BCUT2D eigenvalue weighted by Crippen LogP contribution is 2.20. The fraction of sp³-hybridized carbons (Fsp3) is 0. The van der Waals surface area contributed by atoms with Crippen LogP contribution in [0.15, 0.2) is 41.7 Å². The van der Waals surface area contributed by atoms with E-state index in [-0.39, 0.29) is 5.69 Å². The van der Waals surface area contributed by atoms with Crippen LogP contribution in [0, 0.1) is 0 Å². The Bertz CT molecular complexity index is 649. The quantitative estimate of drug-likeness (QED) is 0.628. The molecule has 0 aliphatic rings. The summed E-state index contributed by atoms with van der Waals surface area (Å²) in [6.07, 6.45) is 1.66. The number of imidazole rings is 1. The third-order valence-corrected chi connectivity index (χ3v) is 3.36. The zero-order valence-corrected chi connectivity index (χ0v) is 10.0. The van der Waals surface area contributed by atoms with Gasteiger partial charge in [-0.15, -0.1) is 0 Å². The Labute approximate surface area is 102 Å². The first-order valence-electron chi connectivity index (χ1n) is 4.56. The average molecular weight is 271 g/mol. The molecule has 0 saturated heterocycles. The highest BCUT2D eigenvalue weighted by molar-refractivity contribution is 8.13. The molecule has 1 heterocycles. The van der Waals surface area contributed by atoms with Crippen LogP contribution in [0.3, 0.4) is 0 Å². The first-order valence-corrected chi connectivity index (χ1v) is 6.87. The predicted octanol–water partition coefficient (Wildman–Crippen LogP) is 1.61. The molecule has 0 radical (unpaired) electrons. The van der Waals surface area contributed by atoms with Gasteiger partial charge in [0, 0.05) is 16.4 Å². The van der Waals surface area contributed by atoms with Crippen LogP contribution < -0.4 is 0 Å². The van der Waals surface area contributed by atoms with E-state index >= 15 is 0 Å². The van der Waals surface area contributed by atoms with Gasteiger partial charge in [-0.2, -0.15) is 0 Å². The molecular weight excluding hydrogens is 264 g/mol. The summed E-state index contributed by atoms with van der Waals surface area (Å²) in [6, 6.07) is 8.77. The van der Waals surface area contributed by atoms with Crippen molar-refractivity contribution in [3.63, 3.8) is 0 Å². The molecule has 1 aromatic heterocycles. The number of rotatable bonds is 3. The van der Waals surface area contributed by atoms with Gasteiger partial charge < -0.3 is 0 Å².